The van der Waals surface area contributed by atoms with Crippen molar-refractivity contribution < 1.29 is 13.9 Å². The maximum Gasteiger partial charge on any atom is 0.276 e. The fraction of sp³-hybridized carbons (Fsp3) is 0.368. The zero-order chi connectivity index (χ0) is 19.1. The average Bonchev–Trinajstić information content (AvgIpc) is 2.83. The van der Waals surface area contributed by atoms with E-state index in [0.717, 1.165) is 19.3 Å². The van der Waals surface area contributed by atoms with Gasteiger partial charge in [0.25, 0.3) is 11.5 Å². The van der Waals surface area contributed by atoms with E-state index in [2.05, 4.69) is 5.92 Å². The van der Waals surface area contributed by atoms with Gasteiger partial charge in [0.2, 0.25) is 0 Å². The Bertz CT molecular complexity index is 1030. The maximum atomic E-state index is 14.8. The van der Waals surface area contributed by atoms with Gasteiger partial charge in [0.05, 0.1) is 17.8 Å². The fourth-order valence-electron chi connectivity index (χ4n) is 3.61. The lowest BCUT2D eigenvalue weighted by Gasteiger charge is -2.28. The van der Waals surface area contributed by atoms with Crippen LogP contribution in [0.15, 0.2) is 16.9 Å². The van der Waals surface area contributed by atoms with Crippen molar-refractivity contribution in [3.63, 3.8) is 0 Å². The van der Waals surface area contributed by atoms with E-state index in [9.17, 15) is 14.0 Å². The Kier molecular flexibility index (Phi) is 4.44. The van der Waals surface area contributed by atoms with Crippen LogP contribution in [0.5, 0.6) is 5.75 Å². The molecule has 0 saturated heterocycles. The number of anilines is 1. The standard InChI is InChI=1S/C19H17ClFN3O3/c1-2-6-22-14-9-12(13(21)10-15(14)27-11-16(22)25)17-18(20)23-7-4-3-5-8-24(23)19(17)26/h1,9-10H,3-8,11H2. The highest BCUT2D eigenvalue weighted by atomic mass is 35.5. The molecule has 0 fully saturated rings. The predicted octanol–water partition coefficient (Wildman–Crippen LogP) is 2.65. The molecule has 0 atom stereocenters. The summed E-state index contributed by atoms with van der Waals surface area (Å²) in [7, 11) is 0. The number of carbonyl (C=O) groups excluding carboxylic acids is 1. The molecular weight excluding hydrogens is 373 g/mol. The second-order valence-corrected chi connectivity index (χ2v) is 6.91. The van der Waals surface area contributed by atoms with Crippen LogP contribution < -0.4 is 15.2 Å². The maximum absolute atomic E-state index is 14.8. The zero-order valence-electron chi connectivity index (χ0n) is 14.5. The number of hydrogen-bond acceptors (Lipinski definition) is 3. The summed E-state index contributed by atoms with van der Waals surface area (Å²) in [6.45, 7) is 0.956. The molecule has 140 valence electrons. The minimum absolute atomic E-state index is 0.0270. The molecule has 27 heavy (non-hydrogen) atoms. The second-order valence-electron chi connectivity index (χ2n) is 6.55. The smallest absolute Gasteiger partial charge is 0.276 e. The van der Waals surface area contributed by atoms with E-state index in [1.807, 2.05) is 0 Å². The number of halogens is 2. The number of terminal acetylenes is 1. The Morgan fingerprint density at radius 3 is 2.67 bits per heavy atom. The molecule has 2 aromatic rings. The highest BCUT2D eigenvalue weighted by Crippen LogP contribution is 2.39. The summed E-state index contributed by atoms with van der Waals surface area (Å²) in [4.78, 5) is 26.4. The number of benzene rings is 1. The lowest BCUT2D eigenvalue weighted by atomic mass is 10.1. The van der Waals surface area contributed by atoms with E-state index in [1.165, 1.54) is 17.0 Å². The Labute approximate surface area is 160 Å². The molecule has 8 heteroatoms. The van der Waals surface area contributed by atoms with Crippen molar-refractivity contribution in [2.45, 2.75) is 32.4 Å². The van der Waals surface area contributed by atoms with Gasteiger partial charge in [0.15, 0.2) is 6.61 Å². The van der Waals surface area contributed by atoms with Crippen LogP contribution >= 0.6 is 11.6 Å². The number of hydrogen-bond donors (Lipinski definition) is 0. The molecule has 1 aromatic heterocycles. The molecule has 0 unspecified atom stereocenters. The number of rotatable bonds is 2. The minimum atomic E-state index is -0.635. The Hall–Kier alpha value is -2.72. The molecule has 0 N–H and O–H groups in total. The van der Waals surface area contributed by atoms with Crippen molar-refractivity contribution in [1.29, 1.82) is 0 Å². The molecule has 4 rings (SSSR count). The van der Waals surface area contributed by atoms with Gasteiger partial charge in [-0.05, 0) is 25.3 Å². The molecule has 0 radical (unpaired) electrons. The predicted molar refractivity (Wildman–Crippen MR) is 99.6 cm³/mol. The van der Waals surface area contributed by atoms with E-state index in [4.69, 9.17) is 22.8 Å². The summed E-state index contributed by atoms with van der Waals surface area (Å²) in [5.41, 5.74) is 0.129. The summed E-state index contributed by atoms with van der Waals surface area (Å²) in [5, 5.41) is 0.201. The largest absolute Gasteiger partial charge is 0.481 e. The van der Waals surface area contributed by atoms with Crippen molar-refractivity contribution in [2.24, 2.45) is 0 Å². The van der Waals surface area contributed by atoms with Crippen LogP contribution in [0, 0.1) is 18.2 Å². The molecule has 6 nitrogen and oxygen atoms in total. The average molecular weight is 390 g/mol. The van der Waals surface area contributed by atoms with Gasteiger partial charge in [-0.1, -0.05) is 17.5 Å². The summed E-state index contributed by atoms with van der Waals surface area (Å²) in [6.07, 6.45) is 8.12. The number of carbonyl (C=O) groups is 1. The van der Waals surface area contributed by atoms with Crippen LogP contribution in [0.3, 0.4) is 0 Å². The Morgan fingerprint density at radius 2 is 1.93 bits per heavy atom. The summed E-state index contributed by atoms with van der Waals surface area (Å²) in [6, 6.07) is 2.59. The van der Waals surface area contributed by atoms with Crippen LogP contribution in [0.1, 0.15) is 19.3 Å². The van der Waals surface area contributed by atoms with E-state index in [0.29, 0.717) is 18.8 Å². The first kappa shape index (κ1) is 17.7. The molecule has 3 heterocycles. The Balaban J connectivity index is 1.91. The third-order valence-corrected chi connectivity index (χ3v) is 5.31. The molecular formula is C19H17ClFN3O3. The van der Waals surface area contributed by atoms with Crippen molar-refractivity contribution in [3.8, 4) is 29.2 Å². The first-order valence-electron chi connectivity index (χ1n) is 8.72. The first-order valence-corrected chi connectivity index (χ1v) is 9.10. The van der Waals surface area contributed by atoms with E-state index in [-0.39, 0.29) is 46.6 Å². The third-order valence-electron chi connectivity index (χ3n) is 4.92. The molecule has 1 aromatic carbocycles. The highest BCUT2D eigenvalue weighted by Gasteiger charge is 2.30. The van der Waals surface area contributed by atoms with Gasteiger partial charge in [-0.15, -0.1) is 6.42 Å². The molecule has 0 saturated carbocycles. The molecule has 0 bridgehead atoms. The van der Waals surface area contributed by atoms with Gasteiger partial charge in [0, 0.05) is 24.7 Å². The molecule has 0 aliphatic carbocycles. The highest BCUT2D eigenvalue weighted by molar-refractivity contribution is 6.32. The molecule has 0 spiro atoms. The number of ether oxygens (including phenoxy) is 1. The summed E-state index contributed by atoms with van der Waals surface area (Å²) >= 11 is 6.47. The van der Waals surface area contributed by atoms with Crippen molar-refractivity contribution >= 4 is 23.2 Å². The first-order chi connectivity index (χ1) is 13.0. The van der Waals surface area contributed by atoms with Gasteiger partial charge in [-0.25, -0.2) is 9.07 Å². The van der Waals surface area contributed by atoms with Crippen molar-refractivity contribution in [3.05, 3.63) is 33.5 Å². The van der Waals surface area contributed by atoms with Gasteiger partial charge < -0.3 is 4.74 Å². The SMILES string of the molecule is C#CCN1C(=O)COc2cc(F)c(-c3c(Cl)n4n(c3=O)CCCCC4)cc21. The van der Waals surface area contributed by atoms with E-state index >= 15 is 0 Å². The number of fused-ring (bicyclic) bond motifs is 2. The van der Waals surface area contributed by atoms with Gasteiger partial charge >= 0.3 is 0 Å². The molecule has 2 aliphatic heterocycles. The van der Waals surface area contributed by atoms with Crippen molar-refractivity contribution in [2.75, 3.05) is 18.1 Å². The monoisotopic (exact) mass is 389 g/mol. The zero-order valence-corrected chi connectivity index (χ0v) is 15.3. The number of aromatic nitrogens is 2. The fourth-order valence-corrected chi connectivity index (χ4v) is 3.97. The van der Waals surface area contributed by atoms with E-state index in [1.54, 1.807) is 9.36 Å². The Morgan fingerprint density at radius 1 is 1.19 bits per heavy atom. The number of nitrogens with zero attached hydrogens (tertiary/aromatic N) is 3. The summed E-state index contributed by atoms with van der Waals surface area (Å²) < 4.78 is 23.4. The van der Waals surface area contributed by atoms with Crippen LogP contribution in [0.2, 0.25) is 5.15 Å². The van der Waals surface area contributed by atoms with Crippen LogP contribution in [-0.4, -0.2) is 28.4 Å². The van der Waals surface area contributed by atoms with Crippen molar-refractivity contribution in [1.82, 2.24) is 9.36 Å². The minimum Gasteiger partial charge on any atom is -0.481 e. The van der Waals surface area contributed by atoms with Gasteiger partial charge in [-0.2, -0.15) is 0 Å². The molecule has 2 aliphatic rings. The van der Waals surface area contributed by atoms with Gasteiger partial charge in [0.1, 0.15) is 16.7 Å². The second kappa shape index (κ2) is 6.78. The van der Waals surface area contributed by atoms with E-state index < -0.39 is 5.82 Å². The van der Waals surface area contributed by atoms with Crippen LogP contribution in [0.25, 0.3) is 11.1 Å². The van der Waals surface area contributed by atoms with Crippen LogP contribution in [-0.2, 0) is 17.9 Å². The lowest BCUT2D eigenvalue weighted by molar-refractivity contribution is -0.121. The van der Waals surface area contributed by atoms with Gasteiger partial charge in [-0.3, -0.25) is 19.2 Å². The lowest BCUT2D eigenvalue weighted by Crippen LogP contribution is -2.39. The summed E-state index contributed by atoms with van der Waals surface area (Å²) in [5.74, 6) is 1.66. The normalized spacial score (nSPS) is 16.2. The quantitative estimate of drug-likeness (QED) is 0.742. The molecule has 1 amide bonds. The van der Waals surface area contributed by atoms with Crippen LogP contribution in [0.4, 0.5) is 10.1 Å². The number of amides is 1. The topological polar surface area (TPSA) is 56.5 Å². The third kappa shape index (κ3) is 2.81.